The molecule has 1 saturated carbocycles. The molecule has 1 atom stereocenters. The molecular weight excluding hydrogens is 517 g/mol. The van der Waals surface area contributed by atoms with E-state index in [9.17, 15) is 19.4 Å². The predicted molar refractivity (Wildman–Crippen MR) is 138 cm³/mol. The van der Waals surface area contributed by atoms with Gasteiger partial charge in [-0.2, -0.15) is 5.26 Å². The highest BCUT2D eigenvalue weighted by molar-refractivity contribution is 7.92. The minimum absolute atomic E-state index is 0.0373. The fourth-order valence-corrected chi connectivity index (χ4v) is 5.94. The molecule has 0 spiro atoms. The number of halogens is 2. The molecule has 2 aromatic heterocycles. The number of anilines is 2. The van der Waals surface area contributed by atoms with E-state index in [1.54, 1.807) is 23.0 Å². The van der Waals surface area contributed by atoms with Crippen LogP contribution in [0.15, 0.2) is 48.8 Å². The summed E-state index contributed by atoms with van der Waals surface area (Å²) in [5.74, 6) is -0.509. The molecule has 2 N–H and O–H groups in total. The van der Waals surface area contributed by atoms with Gasteiger partial charge in [0.25, 0.3) is 0 Å². The summed E-state index contributed by atoms with van der Waals surface area (Å²) >= 11 is 6.60. The molecular formula is C25H21ClFN7O2S. The normalized spacial score (nSPS) is 18.9. The van der Waals surface area contributed by atoms with Gasteiger partial charge in [-0.3, -0.25) is 4.98 Å². The molecule has 1 aliphatic carbocycles. The van der Waals surface area contributed by atoms with Gasteiger partial charge in [-0.05, 0) is 42.7 Å². The third kappa shape index (κ3) is 4.70. The average Bonchev–Trinajstić information content (AvgIpc) is 3.59. The second-order valence-electron chi connectivity index (χ2n) is 9.25. The van der Waals surface area contributed by atoms with Crippen LogP contribution in [-0.4, -0.2) is 45.9 Å². The Labute approximate surface area is 218 Å². The highest BCUT2D eigenvalue weighted by atomic mass is 35.5. The van der Waals surface area contributed by atoms with Gasteiger partial charge in [0.1, 0.15) is 17.6 Å². The summed E-state index contributed by atoms with van der Waals surface area (Å²) < 4.78 is 48.3. The van der Waals surface area contributed by atoms with Crippen molar-refractivity contribution in [3.8, 4) is 6.07 Å². The van der Waals surface area contributed by atoms with Crippen LogP contribution in [0.2, 0.25) is 5.02 Å². The molecule has 6 rings (SSSR count). The second-order valence-corrected chi connectivity index (χ2v) is 11.8. The smallest absolute Gasteiger partial charge is 0.154 e. The maximum atomic E-state index is 13.7. The van der Waals surface area contributed by atoms with Crippen molar-refractivity contribution < 1.29 is 14.2 Å². The first-order valence-electron chi connectivity index (χ1n) is 12.1. The molecule has 1 unspecified atom stereocenters. The molecule has 3 heterocycles. The molecule has 0 radical (unpaired) electrons. The van der Waals surface area contributed by atoms with Crippen molar-refractivity contribution in [1.29, 1.82) is 5.26 Å². The van der Waals surface area contributed by atoms with Crippen LogP contribution in [-0.2, 0) is 9.84 Å². The van der Waals surface area contributed by atoms with Crippen LogP contribution >= 0.6 is 11.6 Å². The molecule has 9 nitrogen and oxygen atoms in total. The van der Waals surface area contributed by atoms with E-state index >= 15 is 0 Å². The summed E-state index contributed by atoms with van der Waals surface area (Å²) in [6.45, 7) is 0. The topological polar surface area (TPSA) is 126 Å². The first-order chi connectivity index (χ1) is 18.1. The van der Waals surface area contributed by atoms with Crippen LogP contribution in [0.1, 0.15) is 43.1 Å². The number of aromatic nitrogens is 4. The van der Waals surface area contributed by atoms with Crippen molar-refractivity contribution in [2.45, 2.75) is 30.9 Å². The molecule has 4 aromatic rings. The van der Waals surface area contributed by atoms with Crippen molar-refractivity contribution in [2.24, 2.45) is 0 Å². The number of hydrogen-bond acceptors (Lipinski definition) is 8. The Balaban J connectivity index is 1.45. The Bertz CT molecular complexity index is 1710. The first kappa shape index (κ1) is 22.4. The van der Waals surface area contributed by atoms with E-state index in [0.717, 1.165) is 12.8 Å². The second kappa shape index (κ2) is 8.97. The Kier molecular flexibility index (Phi) is 5.44. The van der Waals surface area contributed by atoms with Crippen LogP contribution in [0.25, 0.3) is 10.9 Å². The molecule has 0 amide bonds. The van der Waals surface area contributed by atoms with Gasteiger partial charge >= 0.3 is 0 Å². The number of rotatable bonds is 7. The zero-order valence-corrected chi connectivity index (χ0v) is 20.9. The van der Waals surface area contributed by atoms with Crippen molar-refractivity contribution >= 4 is 43.7 Å². The van der Waals surface area contributed by atoms with Gasteiger partial charge in [0, 0.05) is 17.3 Å². The summed E-state index contributed by atoms with van der Waals surface area (Å²) in [5, 5.41) is 25.3. The van der Waals surface area contributed by atoms with Crippen molar-refractivity contribution in [2.75, 3.05) is 22.1 Å². The molecule has 2 aliphatic rings. The first-order valence-corrected chi connectivity index (χ1v) is 13.8. The third-order valence-corrected chi connectivity index (χ3v) is 8.50. The Morgan fingerprint density at radius 3 is 2.68 bits per heavy atom. The lowest BCUT2D eigenvalue weighted by Gasteiger charge is -2.28. The highest BCUT2D eigenvalue weighted by Gasteiger charge is 2.34. The van der Waals surface area contributed by atoms with E-state index < -0.39 is 21.7 Å². The lowest BCUT2D eigenvalue weighted by atomic mass is 10.0. The number of hydrogen-bond donors (Lipinski definition) is 2. The summed E-state index contributed by atoms with van der Waals surface area (Å²) in [4.78, 5) is 4.33. The number of sulfone groups is 1. The zero-order valence-electron chi connectivity index (χ0n) is 20.3. The number of nitriles is 1. The summed E-state index contributed by atoms with van der Waals surface area (Å²) in [7, 11) is -3.09. The lowest BCUT2D eigenvalue weighted by Crippen LogP contribution is -2.46. The van der Waals surface area contributed by atoms with Crippen LogP contribution in [0.3, 0.4) is 0 Å². The fraction of sp³-hybridized carbons (Fsp3) is 0.280. The van der Waals surface area contributed by atoms with Crippen molar-refractivity contribution in [3.05, 3.63) is 76.5 Å². The number of fused-ring (bicyclic) bond motifs is 1. The van der Waals surface area contributed by atoms with Crippen LogP contribution in [0.4, 0.5) is 15.8 Å². The lowest BCUT2D eigenvalue weighted by molar-refractivity contribution is 0.570. The molecule has 1 aliphatic heterocycles. The Morgan fingerprint density at radius 1 is 1.24 bits per heavy atom. The largest absolute Gasteiger partial charge is 0.379 e. The number of nitrogens with zero attached hydrogens (tertiary/aromatic N) is 5. The molecule has 1 saturated heterocycles. The highest BCUT2D eigenvalue weighted by Crippen LogP contribution is 2.37. The van der Waals surface area contributed by atoms with E-state index in [1.165, 1.54) is 30.5 Å². The molecule has 0 bridgehead atoms. The van der Waals surface area contributed by atoms with Gasteiger partial charge in [0.15, 0.2) is 9.84 Å². The van der Waals surface area contributed by atoms with E-state index in [2.05, 4.69) is 32.0 Å². The minimum atomic E-state index is -3.09. The van der Waals surface area contributed by atoms with Gasteiger partial charge in [-0.1, -0.05) is 28.9 Å². The maximum absolute atomic E-state index is 13.7. The van der Waals surface area contributed by atoms with E-state index in [0.29, 0.717) is 33.5 Å². The predicted octanol–water partition coefficient (Wildman–Crippen LogP) is 4.24. The molecule has 12 heteroatoms. The number of benzene rings is 2. The Hall–Kier alpha value is -3.75. The summed E-state index contributed by atoms with van der Waals surface area (Å²) in [5.41, 5.74) is 2.23. The van der Waals surface area contributed by atoms with Crippen LogP contribution in [0.5, 0.6) is 0 Å². The monoisotopic (exact) mass is 538 g/mol. The number of pyridine rings is 1. The number of nitrogens with one attached hydrogen (secondary N) is 2. The van der Waals surface area contributed by atoms with Gasteiger partial charge in [0.2, 0.25) is 0 Å². The fourth-order valence-electron chi connectivity index (χ4n) is 4.38. The third-order valence-electron chi connectivity index (χ3n) is 6.39. The van der Waals surface area contributed by atoms with E-state index in [1.807, 2.05) is 0 Å². The van der Waals surface area contributed by atoms with Crippen molar-refractivity contribution in [3.63, 3.8) is 0 Å². The standard InChI is InChI=1S/C25H21ClFN7O2S/c26-21-8-17(7-20-23(15(9-28)10-29-25(20)21)31-18-12-37(35,36)13-18)30-24(14-1-3-16(27)4-2-14)22-11-34(33-32-22)19-5-6-19/h1-4,7-8,10-11,18-19,24,30H,5-6,12-13H2,(H,29,31)/i24D. The van der Waals surface area contributed by atoms with Gasteiger partial charge < -0.3 is 10.6 Å². The Morgan fingerprint density at radius 2 is 2.00 bits per heavy atom. The maximum Gasteiger partial charge on any atom is 0.154 e. The van der Waals surface area contributed by atoms with Crippen LogP contribution < -0.4 is 10.6 Å². The van der Waals surface area contributed by atoms with Gasteiger partial charge in [-0.15, -0.1) is 5.10 Å². The molecule has 188 valence electrons. The minimum Gasteiger partial charge on any atom is -0.379 e. The summed E-state index contributed by atoms with van der Waals surface area (Å²) in [6.07, 6.45) is 5.08. The molecule has 2 aromatic carbocycles. The quantitative estimate of drug-likeness (QED) is 0.358. The molecule has 2 fully saturated rings. The van der Waals surface area contributed by atoms with E-state index in [-0.39, 0.29) is 34.2 Å². The van der Waals surface area contributed by atoms with Gasteiger partial charge in [-0.25, -0.2) is 17.5 Å². The van der Waals surface area contributed by atoms with Gasteiger partial charge in [0.05, 0.1) is 59.0 Å². The SMILES string of the molecule is [2H]C(Nc1cc(Cl)c2ncc(C#N)c(NC3CS(=O)(=O)C3)c2c1)(c1ccc(F)cc1)c1cn(C2CC2)nn1. The summed E-state index contributed by atoms with van der Waals surface area (Å²) in [6, 6.07) is 9.21. The molecule has 37 heavy (non-hydrogen) atoms. The van der Waals surface area contributed by atoms with Crippen molar-refractivity contribution in [1.82, 2.24) is 20.0 Å². The zero-order chi connectivity index (χ0) is 26.7. The van der Waals surface area contributed by atoms with E-state index in [4.69, 9.17) is 11.6 Å². The van der Waals surface area contributed by atoms with Crippen LogP contribution in [0, 0.1) is 17.1 Å². The average molecular weight is 539 g/mol.